The van der Waals surface area contributed by atoms with E-state index in [-0.39, 0.29) is 52.7 Å². The number of benzene rings is 8. The Labute approximate surface area is 688 Å². The van der Waals surface area contributed by atoms with Gasteiger partial charge in [-0.05, 0) is 224 Å². The van der Waals surface area contributed by atoms with Gasteiger partial charge < -0.3 is 18.9 Å². The van der Waals surface area contributed by atoms with Crippen LogP contribution in [0.5, 0.6) is 46.0 Å². The minimum atomic E-state index is -0.384. The molecule has 0 bridgehead atoms. The molecule has 4 aliphatic heterocycles. The molecule has 117 heavy (non-hydrogen) atoms. The number of anilines is 4. The van der Waals surface area contributed by atoms with E-state index in [9.17, 15) is 38.4 Å². The normalized spacial score (nSPS) is 16.8. The van der Waals surface area contributed by atoms with Crippen LogP contribution in [0.25, 0.3) is 0 Å². The molecule has 3 aliphatic carbocycles. The van der Waals surface area contributed by atoms with Gasteiger partial charge in [-0.2, -0.15) is 0 Å². The molecular formula is C101H108N4O12. The first-order chi connectivity index (χ1) is 57.2. The van der Waals surface area contributed by atoms with Crippen LogP contribution >= 0.6 is 0 Å². The van der Waals surface area contributed by atoms with Gasteiger partial charge in [0, 0.05) is 54.0 Å². The van der Waals surface area contributed by atoms with E-state index in [1.165, 1.54) is 203 Å². The zero-order valence-electron chi connectivity index (χ0n) is 67.8. The molecule has 0 aromatic heterocycles. The monoisotopic (exact) mass is 1570 g/mol. The molecule has 0 unspecified atom stereocenters. The number of hydrogen-bond acceptors (Lipinski definition) is 12. The average Bonchev–Trinajstić information content (AvgIpc) is 1.63. The Morgan fingerprint density at radius 2 is 0.641 bits per heavy atom. The molecule has 0 N–H and O–H groups in total. The predicted octanol–water partition coefficient (Wildman–Crippen LogP) is 23.8. The van der Waals surface area contributed by atoms with Crippen LogP contribution < -0.4 is 38.5 Å². The molecule has 8 aromatic rings. The molecule has 16 heteroatoms. The van der Waals surface area contributed by atoms with Gasteiger partial charge >= 0.3 is 0 Å². The van der Waals surface area contributed by atoms with Crippen molar-refractivity contribution >= 4 is 70.0 Å². The van der Waals surface area contributed by atoms with Crippen LogP contribution in [0, 0.1) is 0 Å². The van der Waals surface area contributed by atoms with Gasteiger partial charge in [0.05, 0.1) is 22.7 Å². The van der Waals surface area contributed by atoms with Crippen LogP contribution in [0.1, 0.15) is 256 Å². The third-order valence-electron chi connectivity index (χ3n) is 24.2. The third kappa shape index (κ3) is 20.0. The molecule has 0 radical (unpaired) electrons. The molecule has 0 saturated heterocycles. The van der Waals surface area contributed by atoms with E-state index in [0.717, 1.165) is 121 Å². The Kier molecular flexibility index (Phi) is 27.6. The topological polar surface area (TPSA) is 186 Å². The number of amides is 8. The number of para-hydroxylation sites is 4. The Morgan fingerprint density at radius 1 is 0.308 bits per heavy atom. The van der Waals surface area contributed by atoms with E-state index in [1.54, 1.807) is 60.7 Å². The van der Waals surface area contributed by atoms with Crippen molar-refractivity contribution < 1.29 is 57.3 Å². The molecular weight excluding hydrogens is 1460 g/mol. The summed E-state index contributed by atoms with van der Waals surface area (Å²) in [4.78, 5) is 104. The summed E-state index contributed by atoms with van der Waals surface area (Å²) in [5.41, 5.74) is 11.5. The van der Waals surface area contributed by atoms with E-state index in [2.05, 4.69) is 74.5 Å². The lowest BCUT2D eigenvalue weighted by atomic mass is 9.64. The van der Waals surface area contributed by atoms with E-state index < -0.39 is 0 Å². The smallest absolute Gasteiger partial charge is 0.258 e. The van der Waals surface area contributed by atoms with Crippen LogP contribution in [-0.2, 0) is 63.0 Å². The minimum Gasteiger partial charge on any atom is -0.457 e. The molecule has 8 amide bonds. The Hall–Kier alpha value is -11.5. The molecule has 4 heterocycles. The summed E-state index contributed by atoms with van der Waals surface area (Å²) >= 11 is 0. The van der Waals surface area contributed by atoms with Gasteiger partial charge in [-0.15, -0.1) is 0 Å². The fourth-order valence-corrected chi connectivity index (χ4v) is 18.0. The average molecular weight is 1570 g/mol. The SMILES string of the molecule is CCCCCCCCCc1cc(Cc2ccc(Oc3ccccc3N3C(=O)C=CC3=O)c(CCCCCCCCC)c2)ccc1Oc1ccccc1N1C(=O)C=CC1=O.O=C1C=CC(=O)N1c1ccc(Oc2ccc(C3(c4ccc(Oc5ccc(N6C(=O)C=CC6=O)cc5)c(C5CCCCC5)c4)CCCCC3)cc2C2CCCCC2)cc1. The van der Waals surface area contributed by atoms with Gasteiger partial charge in [-0.1, -0.05) is 221 Å². The second-order valence-electron chi connectivity index (χ2n) is 32.3. The van der Waals surface area contributed by atoms with E-state index >= 15 is 0 Å². The number of imide groups is 4. The summed E-state index contributed by atoms with van der Waals surface area (Å²) in [6, 6.07) is 55.4. The third-order valence-corrected chi connectivity index (χ3v) is 24.2. The summed E-state index contributed by atoms with van der Waals surface area (Å²) in [6.45, 7) is 4.47. The molecule has 0 atom stereocenters. The summed E-state index contributed by atoms with van der Waals surface area (Å²) in [5, 5.41) is 0. The van der Waals surface area contributed by atoms with Crippen molar-refractivity contribution in [3.05, 3.63) is 263 Å². The highest BCUT2D eigenvalue weighted by molar-refractivity contribution is 6.30. The predicted molar refractivity (Wildman–Crippen MR) is 460 cm³/mol. The van der Waals surface area contributed by atoms with E-state index in [1.807, 2.05) is 48.5 Å². The lowest BCUT2D eigenvalue weighted by Gasteiger charge is -2.40. The maximum absolute atomic E-state index is 12.6. The maximum Gasteiger partial charge on any atom is 0.258 e. The van der Waals surface area contributed by atoms with Crippen molar-refractivity contribution in [1.29, 1.82) is 0 Å². The lowest BCUT2D eigenvalue weighted by molar-refractivity contribution is -0.121. The van der Waals surface area contributed by atoms with Gasteiger partial charge in [0.25, 0.3) is 47.3 Å². The van der Waals surface area contributed by atoms with Crippen molar-refractivity contribution in [1.82, 2.24) is 0 Å². The number of nitrogens with zero attached hydrogens (tertiary/aromatic N) is 4. The summed E-state index contributed by atoms with van der Waals surface area (Å²) in [5.74, 6) is 3.37. The van der Waals surface area contributed by atoms with Gasteiger partial charge in [0.15, 0.2) is 11.5 Å². The summed E-state index contributed by atoms with van der Waals surface area (Å²) < 4.78 is 26.5. The Balaban J connectivity index is 0.000000193. The largest absolute Gasteiger partial charge is 0.457 e. The van der Waals surface area contributed by atoms with Crippen LogP contribution in [0.2, 0.25) is 0 Å². The van der Waals surface area contributed by atoms with Gasteiger partial charge in [-0.25, -0.2) is 19.6 Å². The zero-order chi connectivity index (χ0) is 81.0. The number of carbonyl (C=O) groups is 8. The van der Waals surface area contributed by atoms with Crippen molar-refractivity contribution in [2.24, 2.45) is 0 Å². The first-order valence-electron chi connectivity index (χ1n) is 43.1. The van der Waals surface area contributed by atoms with Crippen LogP contribution in [0.4, 0.5) is 22.7 Å². The number of aryl methyl sites for hydroxylation is 2. The molecule has 3 saturated carbocycles. The highest BCUT2D eigenvalue weighted by atomic mass is 16.5. The standard InChI is InChI=1S/C51H58N2O6.C50H50N2O6/c1-3-5-7-9-11-13-15-21-40-36-38(27-29-44(40)58-46-25-19-17-23-42(46)52-48(54)31-32-49(52)55)35-39-28-30-45(41(37-39)22-16-14-12-10-8-6-4-2)59-47-26-20-18-24-43(47)53-50(56)33-34-51(53)57;53-46-26-27-47(54)51(46)38-16-20-40(21-17-38)57-44-24-14-36(32-42(44)34-10-4-1-5-11-34)50(30-8-3-9-31-50)37-15-25-45(43(33-37)35-12-6-2-7-13-35)58-41-22-18-39(19-23-41)52-48(55)28-29-49(52)56/h17-20,23-34,36-37H,3-16,21-22,35H2,1-2H3;14-29,32-35H,1-13,30-31H2. The van der Waals surface area contributed by atoms with Gasteiger partial charge in [-0.3, -0.25) is 38.4 Å². The number of unbranched alkanes of at least 4 members (excludes halogenated alkanes) is 12. The van der Waals surface area contributed by atoms with Crippen molar-refractivity contribution in [3.63, 3.8) is 0 Å². The molecule has 3 fully saturated rings. The highest BCUT2D eigenvalue weighted by Gasteiger charge is 2.39. The number of ether oxygens (including phenoxy) is 4. The number of rotatable bonds is 34. The molecule has 16 nitrogen and oxygen atoms in total. The zero-order valence-corrected chi connectivity index (χ0v) is 67.8. The maximum atomic E-state index is 12.6. The highest BCUT2D eigenvalue weighted by Crippen LogP contribution is 2.51. The van der Waals surface area contributed by atoms with Crippen LogP contribution in [0.3, 0.4) is 0 Å². The van der Waals surface area contributed by atoms with Crippen LogP contribution in [-0.4, -0.2) is 47.3 Å². The molecule has 8 aromatic carbocycles. The second kappa shape index (κ2) is 39.4. The van der Waals surface area contributed by atoms with Gasteiger partial charge in [0.2, 0.25) is 0 Å². The Bertz CT molecular complexity index is 4670. The summed E-state index contributed by atoms with van der Waals surface area (Å²) in [6.07, 6.45) is 47.1. The molecule has 0 spiro atoms. The molecule has 604 valence electrons. The van der Waals surface area contributed by atoms with Crippen molar-refractivity contribution in [3.8, 4) is 46.0 Å². The minimum absolute atomic E-state index is 0.142. The number of carbonyl (C=O) groups excluding carboxylic acids is 8. The van der Waals surface area contributed by atoms with Crippen LogP contribution in [0.15, 0.2) is 218 Å². The molecule has 15 rings (SSSR count). The first kappa shape index (κ1) is 82.0. The van der Waals surface area contributed by atoms with Crippen molar-refractivity contribution in [2.75, 3.05) is 19.6 Å². The fourth-order valence-electron chi connectivity index (χ4n) is 18.0. The fraction of sp³-hybridized carbons (Fsp3) is 0.366. The Morgan fingerprint density at radius 3 is 1.02 bits per heavy atom. The lowest BCUT2D eigenvalue weighted by Crippen LogP contribution is -2.31. The molecule has 7 aliphatic rings. The first-order valence-corrected chi connectivity index (χ1v) is 43.1. The van der Waals surface area contributed by atoms with Gasteiger partial charge in [0.1, 0.15) is 34.5 Å². The van der Waals surface area contributed by atoms with E-state index in [4.69, 9.17) is 18.9 Å². The van der Waals surface area contributed by atoms with E-state index in [0.29, 0.717) is 75.5 Å². The van der Waals surface area contributed by atoms with Crippen molar-refractivity contribution in [2.45, 2.75) is 237 Å². The number of hydrogen-bond donors (Lipinski definition) is 0. The second-order valence-corrected chi connectivity index (χ2v) is 32.3. The summed E-state index contributed by atoms with van der Waals surface area (Å²) in [7, 11) is 0. The quantitative estimate of drug-likeness (QED) is 0.0275.